The number of fused-ring (bicyclic) bond motifs is 10. The maximum absolute atomic E-state index is 13.9. The monoisotopic (exact) mass is 1040 g/mol. The molecule has 396 valence electrons. The number of carbonyl (C=O) groups is 8. The summed E-state index contributed by atoms with van der Waals surface area (Å²) in [5.41, 5.74) is -4.53. The van der Waals surface area contributed by atoms with Crippen molar-refractivity contribution in [3.8, 4) is 0 Å². The number of Topliss-reactive ketones (excluding diaryl/α,β-unsaturated/α-hetero) is 2. The standard InChI is InChI=1S/2C28H37ClO7/c2*1-6-23(33)35-15-22(32)28(36-24(34)7-2)16(3)12-20-19-9-8-17-13-18(30)10-11-25(17,4)27(19,29)21(31)14-26(20,28)5/h2*10-11,13,16,19-21,31H,6-9,12,14-15H2,1-5H3/t2*16-,19-,20-,21-,25-,26-,27-,28-/m00/s1. The molecule has 72 heavy (non-hydrogen) atoms. The van der Waals surface area contributed by atoms with E-state index in [4.69, 9.17) is 42.1 Å². The van der Waals surface area contributed by atoms with E-state index < -0.39 is 103 Å². The predicted molar refractivity (Wildman–Crippen MR) is 266 cm³/mol. The van der Waals surface area contributed by atoms with Crippen molar-refractivity contribution in [1.82, 2.24) is 0 Å². The second-order valence-corrected chi connectivity index (χ2v) is 24.1. The minimum atomic E-state index is -1.55. The Labute approximate surface area is 433 Å². The van der Waals surface area contributed by atoms with Crippen molar-refractivity contribution in [2.75, 3.05) is 13.2 Å². The van der Waals surface area contributed by atoms with E-state index in [-0.39, 0.29) is 85.6 Å². The predicted octanol–water partition coefficient (Wildman–Crippen LogP) is 8.17. The van der Waals surface area contributed by atoms with Crippen molar-refractivity contribution in [1.29, 1.82) is 0 Å². The van der Waals surface area contributed by atoms with Crippen LogP contribution in [0.1, 0.15) is 146 Å². The van der Waals surface area contributed by atoms with Crippen LogP contribution >= 0.6 is 23.2 Å². The van der Waals surface area contributed by atoms with Gasteiger partial charge in [0.25, 0.3) is 0 Å². The molecule has 0 amide bonds. The zero-order chi connectivity index (χ0) is 53.4. The summed E-state index contributed by atoms with van der Waals surface area (Å²) in [6.07, 6.45) is 12.4. The first kappa shape index (κ1) is 55.8. The molecule has 6 fully saturated rings. The minimum Gasteiger partial charge on any atom is -0.457 e. The second kappa shape index (κ2) is 19.6. The molecule has 2 N–H and O–H groups in total. The molecule has 16 atom stereocenters. The Morgan fingerprint density at radius 2 is 0.903 bits per heavy atom. The topological polar surface area (TPSA) is 214 Å². The molecule has 0 aromatic carbocycles. The maximum atomic E-state index is 13.9. The fraction of sp³-hybridized carbons (Fsp3) is 0.714. The fourth-order valence-corrected chi connectivity index (χ4v) is 17.1. The number of hydrogen-bond donors (Lipinski definition) is 2. The summed E-state index contributed by atoms with van der Waals surface area (Å²) in [7, 11) is 0. The zero-order valence-electron chi connectivity index (χ0n) is 43.5. The van der Waals surface area contributed by atoms with Crippen LogP contribution in [0.2, 0.25) is 0 Å². The molecule has 0 radical (unpaired) electrons. The number of hydrogen-bond acceptors (Lipinski definition) is 14. The first-order valence-electron chi connectivity index (χ1n) is 26.1. The second-order valence-electron chi connectivity index (χ2n) is 22.8. The van der Waals surface area contributed by atoms with E-state index in [0.29, 0.717) is 38.5 Å². The third kappa shape index (κ3) is 7.90. The molecule has 0 heterocycles. The number of ether oxygens (including phenoxy) is 4. The Hall–Kier alpha value is -3.98. The molecule has 0 saturated heterocycles. The van der Waals surface area contributed by atoms with Gasteiger partial charge in [0.05, 0.1) is 22.0 Å². The number of ketones is 4. The van der Waals surface area contributed by atoms with E-state index in [1.807, 2.05) is 53.7 Å². The van der Waals surface area contributed by atoms with E-state index in [9.17, 15) is 48.6 Å². The van der Waals surface area contributed by atoms with E-state index in [1.165, 1.54) is 12.2 Å². The van der Waals surface area contributed by atoms with Gasteiger partial charge in [0, 0.05) is 59.2 Å². The molecular weight excluding hydrogens is 968 g/mol. The van der Waals surface area contributed by atoms with Gasteiger partial charge in [0.2, 0.25) is 11.6 Å². The van der Waals surface area contributed by atoms with Gasteiger partial charge in [0.15, 0.2) is 36.0 Å². The van der Waals surface area contributed by atoms with Crippen molar-refractivity contribution in [2.45, 2.75) is 179 Å². The molecule has 8 rings (SSSR count). The number of esters is 4. The van der Waals surface area contributed by atoms with E-state index in [1.54, 1.807) is 39.8 Å². The summed E-state index contributed by atoms with van der Waals surface area (Å²) >= 11 is 15.0. The van der Waals surface area contributed by atoms with Crippen molar-refractivity contribution < 1.29 is 67.5 Å². The van der Waals surface area contributed by atoms with Crippen molar-refractivity contribution >= 4 is 70.2 Å². The van der Waals surface area contributed by atoms with Gasteiger partial charge in [0.1, 0.15) is 0 Å². The number of allylic oxidation sites excluding steroid dienone is 8. The molecule has 16 heteroatoms. The largest absolute Gasteiger partial charge is 0.457 e. The van der Waals surface area contributed by atoms with E-state index in [0.717, 1.165) is 11.1 Å². The Balaban J connectivity index is 0.000000211. The highest BCUT2D eigenvalue weighted by Gasteiger charge is 2.78. The van der Waals surface area contributed by atoms with Gasteiger partial charge in [-0.15, -0.1) is 23.2 Å². The lowest BCUT2D eigenvalue weighted by Crippen LogP contribution is -2.69. The lowest BCUT2D eigenvalue weighted by atomic mass is 9.45. The number of alkyl halides is 2. The smallest absolute Gasteiger partial charge is 0.306 e. The van der Waals surface area contributed by atoms with Gasteiger partial charge in [-0.2, -0.15) is 0 Å². The highest BCUT2D eigenvalue weighted by Crippen LogP contribution is 2.74. The van der Waals surface area contributed by atoms with Crippen LogP contribution in [0.15, 0.2) is 47.6 Å². The third-order valence-electron chi connectivity index (χ3n) is 19.6. The molecule has 14 nitrogen and oxygen atoms in total. The Morgan fingerprint density at radius 3 is 1.22 bits per heavy atom. The van der Waals surface area contributed by atoms with Crippen LogP contribution in [0.3, 0.4) is 0 Å². The summed E-state index contributed by atoms with van der Waals surface area (Å²) < 4.78 is 22.6. The number of aliphatic hydroxyl groups is 2. The highest BCUT2D eigenvalue weighted by molar-refractivity contribution is 6.26. The number of carbonyl (C=O) groups excluding carboxylic acids is 8. The molecule has 6 saturated carbocycles. The van der Waals surface area contributed by atoms with Crippen LogP contribution in [0, 0.1) is 57.2 Å². The van der Waals surface area contributed by atoms with Gasteiger partial charge in [-0.05, 0) is 99.3 Å². The minimum absolute atomic E-state index is 0.0801. The number of halogens is 2. The number of aliphatic hydroxyl groups excluding tert-OH is 2. The van der Waals surface area contributed by atoms with E-state index in [2.05, 4.69) is 0 Å². The Bertz CT molecular complexity index is 2260. The van der Waals surface area contributed by atoms with Crippen molar-refractivity contribution in [2.24, 2.45) is 57.2 Å². The van der Waals surface area contributed by atoms with Crippen molar-refractivity contribution in [3.63, 3.8) is 0 Å². The normalized spacial score (nSPS) is 43.1. The van der Waals surface area contributed by atoms with Gasteiger partial charge in [-0.3, -0.25) is 38.4 Å². The first-order chi connectivity index (χ1) is 33.6. The molecule has 0 spiro atoms. The maximum Gasteiger partial charge on any atom is 0.306 e. The van der Waals surface area contributed by atoms with Gasteiger partial charge in [-0.1, -0.05) is 92.5 Å². The molecule has 8 aliphatic carbocycles. The molecule has 8 aliphatic rings. The van der Waals surface area contributed by atoms with Crippen LogP contribution in [0.5, 0.6) is 0 Å². The van der Waals surface area contributed by atoms with Crippen molar-refractivity contribution in [3.05, 3.63) is 47.6 Å². The molecular formula is C56H74Cl2O14. The molecule has 0 unspecified atom stereocenters. The van der Waals surface area contributed by atoms with Gasteiger partial charge in [-0.25, -0.2) is 0 Å². The van der Waals surface area contributed by atoms with Gasteiger partial charge >= 0.3 is 23.9 Å². The van der Waals surface area contributed by atoms with Crippen LogP contribution in [0.25, 0.3) is 0 Å². The molecule has 0 aliphatic heterocycles. The molecule has 0 aromatic rings. The Kier molecular flexibility index (Phi) is 15.2. The highest BCUT2D eigenvalue weighted by atomic mass is 35.5. The average molecular weight is 1040 g/mol. The Morgan fingerprint density at radius 1 is 0.569 bits per heavy atom. The summed E-state index contributed by atoms with van der Waals surface area (Å²) in [6, 6.07) is 0. The SMILES string of the molecule is CCC(=O)OCC(=O)[C@@]1(OC(=O)CC)[C@@H](C)C[C@H]2[C@@H]3CCC4=CC(=O)C=C[C@]4(C)[C@@]3(Cl)[C@@H](O)C[C@@]21C.CCC(=O)OCC(=O)[C@@]1(OC(=O)CC)[C@@H](C)C[C@H]2[C@@H]3CCC4=CC(=O)C=C[C@]4(C)[C@@]3(Cl)[C@@H](O)C[C@@]21C. The quantitative estimate of drug-likeness (QED) is 0.107. The van der Waals surface area contributed by atoms with Crippen LogP contribution in [0.4, 0.5) is 0 Å². The molecule has 0 aromatic heterocycles. The van der Waals surface area contributed by atoms with Crippen LogP contribution < -0.4 is 0 Å². The summed E-state index contributed by atoms with van der Waals surface area (Å²) in [5.74, 6) is -4.47. The van der Waals surface area contributed by atoms with E-state index >= 15 is 0 Å². The lowest BCUT2D eigenvalue weighted by molar-refractivity contribution is -0.203. The summed E-state index contributed by atoms with van der Waals surface area (Å²) in [4.78, 5) is 98.9. The lowest BCUT2D eigenvalue weighted by Gasteiger charge is -2.64. The fourth-order valence-electron chi connectivity index (χ4n) is 16.0. The average Bonchev–Trinajstić information content (AvgIpc) is 3.69. The third-order valence-corrected chi connectivity index (χ3v) is 21.5. The van der Waals surface area contributed by atoms with Crippen LogP contribution in [-0.4, -0.2) is 104 Å². The zero-order valence-corrected chi connectivity index (χ0v) is 45.0. The summed E-state index contributed by atoms with van der Waals surface area (Å²) in [5, 5.41) is 23.6. The molecule has 0 bridgehead atoms. The first-order valence-corrected chi connectivity index (χ1v) is 26.8. The summed E-state index contributed by atoms with van der Waals surface area (Å²) in [6.45, 7) is 17.2. The number of rotatable bonds is 12. The van der Waals surface area contributed by atoms with Gasteiger partial charge < -0.3 is 29.2 Å². The van der Waals surface area contributed by atoms with Crippen LogP contribution in [-0.2, 0) is 57.3 Å².